The number of sulfonamides is 1. The average molecular weight is 614 g/mol. The Bertz CT molecular complexity index is 1450. The molecule has 1 amide bonds. The van der Waals surface area contributed by atoms with Gasteiger partial charge in [-0.15, -0.1) is 0 Å². The van der Waals surface area contributed by atoms with Crippen molar-refractivity contribution in [2.45, 2.75) is 42.4 Å². The second-order valence-corrected chi connectivity index (χ2v) is 13.1. The van der Waals surface area contributed by atoms with Crippen LogP contribution in [-0.2, 0) is 14.8 Å². The molecule has 0 aliphatic carbocycles. The molecule has 0 spiro atoms. The number of ether oxygens (including phenoxy) is 1. The zero-order valence-electron chi connectivity index (χ0n) is 21.0. The van der Waals surface area contributed by atoms with Gasteiger partial charge >= 0.3 is 0 Å². The van der Waals surface area contributed by atoms with Gasteiger partial charge in [0, 0.05) is 36.8 Å². The molecule has 208 valence electrons. The first-order chi connectivity index (χ1) is 18.5. The molecule has 0 bridgehead atoms. The Labute approximate surface area is 242 Å². The maximum atomic E-state index is 14.0. The normalized spacial score (nSPS) is 25.9. The topological polar surface area (TPSA) is 112 Å². The van der Waals surface area contributed by atoms with E-state index in [1.54, 1.807) is 37.3 Å². The first-order valence-corrected chi connectivity index (χ1v) is 14.9. The van der Waals surface area contributed by atoms with Crippen LogP contribution in [0.25, 0.3) is 0 Å². The lowest BCUT2D eigenvalue weighted by Gasteiger charge is -2.48. The third kappa shape index (κ3) is 5.69. The molecule has 2 saturated heterocycles. The van der Waals surface area contributed by atoms with Gasteiger partial charge in [-0.1, -0.05) is 46.9 Å². The van der Waals surface area contributed by atoms with Gasteiger partial charge in [-0.25, -0.2) is 13.4 Å². The molecule has 9 nitrogen and oxygen atoms in total. The van der Waals surface area contributed by atoms with E-state index < -0.39 is 33.7 Å². The molecule has 3 aliphatic heterocycles. The number of likely N-dealkylation sites (tertiary alicyclic amines) is 1. The number of morpholine rings is 1. The van der Waals surface area contributed by atoms with Crippen LogP contribution in [-0.4, -0.2) is 78.5 Å². The van der Waals surface area contributed by atoms with Crippen LogP contribution in [0.4, 0.5) is 0 Å². The zero-order chi connectivity index (χ0) is 27.9. The van der Waals surface area contributed by atoms with Gasteiger partial charge in [0.15, 0.2) is 0 Å². The van der Waals surface area contributed by atoms with Crippen molar-refractivity contribution >= 4 is 56.6 Å². The highest BCUT2D eigenvalue weighted by Gasteiger charge is 2.52. The van der Waals surface area contributed by atoms with Crippen LogP contribution >= 0.6 is 34.8 Å². The third-order valence-corrected chi connectivity index (χ3v) is 9.94. The van der Waals surface area contributed by atoms with Gasteiger partial charge < -0.3 is 15.2 Å². The molecule has 13 heteroatoms. The lowest BCUT2D eigenvalue weighted by Crippen LogP contribution is -2.65. The molecule has 3 atom stereocenters. The molecule has 2 aromatic carbocycles. The molecule has 0 aromatic heterocycles. The number of hydrogen-bond acceptors (Lipinski definition) is 7. The number of aliphatic imine (C=N–C) groups is 1. The van der Waals surface area contributed by atoms with Crippen LogP contribution in [0.5, 0.6) is 0 Å². The van der Waals surface area contributed by atoms with Crippen molar-refractivity contribution in [3.63, 3.8) is 0 Å². The van der Waals surface area contributed by atoms with Gasteiger partial charge in [0.2, 0.25) is 15.9 Å². The smallest absolute Gasteiger partial charge is 0.258 e. The first-order valence-electron chi connectivity index (χ1n) is 12.4. The predicted octanol–water partition coefficient (Wildman–Crippen LogP) is 3.94. The monoisotopic (exact) mass is 612 g/mol. The first kappa shape index (κ1) is 28.4. The zero-order valence-corrected chi connectivity index (χ0v) is 24.1. The summed E-state index contributed by atoms with van der Waals surface area (Å²) in [5.41, 5.74) is -0.764. The van der Waals surface area contributed by atoms with Crippen LogP contribution in [0, 0.1) is 0 Å². The summed E-state index contributed by atoms with van der Waals surface area (Å²) in [5.74, 6) is -0.316. The van der Waals surface area contributed by atoms with Crippen LogP contribution in [0.1, 0.15) is 30.1 Å². The van der Waals surface area contributed by atoms with Gasteiger partial charge in [-0.05, 0) is 43.7 Å². The van der Waals surface area contributed by atoms with Crippen molar-refractivity contribution in [3.8, 4) is 0 Å². The van der Waals surface area contributed by atoms with Crippen molar-refractivity contribution in [2.75, 3.05) is 26.2 Å². The Morgan fingerprint density at radius 1 is 1.18 bits per heavy atom. The van der Waals surface area contributed by atoms with E-state index in [-0.39, 0.29) is 39.4 Å². The lowest BCUT2D eigenvalue weighted by molar-refractivity contribution is 0.0394. The highest BCUT2D eigenvalue weighted by Crippen LogP contribution is 2.38. The third-order valence-electron chi connectivity index (χ3n) is 7.09. The van der Waals surface area contributed by atoms with E-state index in [9.17, 15) is 18.3 Å². The van der Waals surface area contributed by atoms with E-state index in [0.29, 0.717) is 36.8 Å². The van der Waals surface area contributed by atoms with Crippen molar-refractivity contribution in [3.05, 3.63) is 75.0 Å². The molecule has 5 rings (SSSR count). The number of aliphatic hydroxyl groups excluding tert-OH is 1. The fourth-order valence-corrected chi connectivity index (χ4v) is 7.82. The van der Waals surface area contributed by atoms with E-state index in [2.05, 4.69) is 10.3 Å². The molecule has 0 saturated carbocycles. The Kier molecular flexibility index (Phi) is 8.00. The maximum absolute atomic E-state index is 14.0. The Morgan fingerprint density at radius 3 is 2.56 bits per heavy atom. The van der Waals surface area contributed by atoms with Crippen molar-refractivity contribution in [1.29, 1.82) is 0 Å². The highest BCUT2D eigenvalue weighted by atomic mass is 35.5. The van der Waals surface area contributed by atoms with Crippen LogP contribution in [0.3, 0.4) is 0 Å². The highest BCUT2D eigenvalue weighted by molar-refractivity contribution is 7.89. The minimum Gasteiger partial charge on any atom is -0.473 e. The Morgan fingerprint density at radius 2 is 1.90 bits per heavy atom. The quantitative estimate of drug-likeness (QED) is 0.511. The van der Waals surface area contributed by atoms with Crippen LogP contribution in [0.15, 0.2) is 64.2 Å². The van der Waals surface area contributed by atoms with Crippen molar-refractivity contribution in [1.82, 2.24) is 14.5 Å². The standard InChI is InChI=1S/C26H27Cl3N4O5S/c1-26-11-17(31-24(35)23-21(28)6-3-7-22(23)29)12-30-25(26)38-19(14-32-9-8-18(34)13-32)15-33(26)39(36,37)20-5-2-4-16(27)10-20/h2-7,10,12,18-19,34H,8-9,11,13-15H2,1H3,(H,31,35)/t18-,19+,26?/m1/s1. The predicted molar refractivity (Wildman–Crippen MR) is 150 cm³/mol. The summed E-state index contributed by atoms with van der Waals surface area (Å²) in [4.78, 5) is 19.6. The van der Waals surface area contributed by atoms with Gasteiger partial charge in [-0.3, -0.25) is 9.69 Å². The number of rotatable bonds is 6. The van der Waals surface area contributed by atoms with E-state index in [0.717, 1.165) is 0 Å². The Hall–Kier alpha value is -2.18. The largest absolute Gasteiger partial charge is 0.473 e. The summed E-state index contributed by atoms with van der Waals surface area (Å²) >= 11 is 18.6. The number of amides is 1. The SMILES string of the molecule is CC12CC(NC(=O)c3c(Cl)cccc3Cl)=CN=C1O[C@@H](CN1CC[C@@H](O)C1)CN2S(=O)(=O)c1cccc(Cl)c1. The fraction of sp³-hybridized carbons (Fsp3) is 0.385. The number of nitrogens with one attached hydrogen (secondary N) is 1. The number of fused-ring (bicyclic) bond motifs is 1. The molecule has 39 heavy (non-hydrogen) atoms. The minimum atomic E-state index is -4.07. The number of aliphatic hydroxyl groups is 1. The molecule has 2 aromatic rings. The molecular formula is C26H27Cl3N4O5S. The number of β-amino-alcohol motifs (C(OH)–C–C–N with tert-alkyl or cyclic N) is 1. The molecule has 3 heterocycles. The molecular weight excluding hydrogens is 587 g/mol. The summed E-state index contributed by atoms with van der Waals surface area (Å²) in [6, 6.07) is 10.8. The maximum Gasteiger partial charge on any atom is 0.258 e. The van der Waals surface area contributed by atoms with Gasteiger partial charge in [0.05, 0.1) is 39.4 Å². The Balaban J connectivity index is 1.48. The van der Waals surface area contributed by atoms with E-state index in [1.165, 1.54) is 22.6 Å². The minimum absolute atomic E-state index is 0.0362. The summed E-state index contributed by atoms with van der Waals surface area (Å²) in [6.07, 6.45) is 1.23. The van der Waals surface area contributed by atoms with Crippen molar-refractivity contribution < 1.29 is 23.1 Å². The van der Waals surface area contributed by atoms with Crippen LogP contribution < -0.4 is 5.32 Å². The number of nitrogens with zero attached hydrogens (tertiary/aromatic N) is 3. The molecule has 1 unspecified atom stereocenters. The number of carbonyl (C=O) groups is 1. The van der Waals surface area contributed by atoms with E-state index >= 15 is 0 Å². The van der Waals surface area contributed by atoms with E-state index in [1.807, 2.05) is 4.90 Å². The summed E-state index contributed by atoms with van der Waals surface area (Å²) in [5, 5.41) is 13.4. The molecule has 2 N–H and O–H groups in total. The number of carbonyl (C=O) groups excluding carboxylic acids is 1. The number of hydrogen-bond donors (Lipinski definition) is 2. The van der Waals surface area contributed by atoms with E-state index in [4.69, 9.17) is 39.5 Å². The van der Waals surface area contributed by atoms with Crippen LogP contribution in [0.2, 0.25) is 15.1 Å². The van der Waals surface area contributed by atoms with Gasteiger partial charge in [0.1, 0.15) is 11.6 Å². The summed E-state index contributed by atoms with van der Waals surface area (Å²) < 4.78 is 35.7. The molecule has 3 aliphatic rings. The van der Waals surface area contributed by atoms with Gasteiger partial charge in [0.25, 0.3) is 5.91 Å². The summed E-state index contributed by atoms with van der Waals surface area (Å²) in [7, 11) is -4.07. The lowest BCUT2D eigenvalue weighted by atomic mass is 9.91. The fourth-order valence-electron chi connectivity index (χ4n) is 5.18. The summed E-state index contributed by atoms with van der Waals surface area (Å²) in [6.45, 7) is 3.35. The molecule has 2 fully saturated rings. The second kappa shape index (κ2) is 11.0. The number of benzene rings is 2. The average Bonchev–Trinajstić information content (AvgIpc) is 3.28. The number of halogens is 3. The van der Waals surface area contributed by atoms with Gasteiger partial charge in [-0.2, -0.15) is 4.31 Å². The van der Waals surface area contributed by atoms with Crippen molar-refractivity contribution in [2.24, 2.45) is 4.99 Å². The molecule has 0 radical (unpaired) electrons. The second-order valence-electron chi connectivity index (χ2n) is 10.0.